The summed E-state index contributed by atoms with van der Waals surface area (Å²) in [5.41, 5.74) is 6.50. The van der Waals surface area contributed by atoms with Crippen molar-refractivity contribution in [3.8, 4) is 17.0 Å². The second-order valence-corrected chi connectivity index (χ2v) is 6.76. The van der Waals surface area contributed by atoms with Crippen LogP contribution in [0, 0.1) is 0 Å². The Morgan fingerprint density at radius 3 is 2.55 bits per heavy atom. The molecular formula is C26H21N3O2. The highest BCUT2D eigenvalue weighted by Gasteiger charge is 2.13. The number of benzene rings is 3. The van der Waals surface area contributed by atoms with Gasteiger partial charge in [-0.3, -0.25) is 4.79 Å². The fourth-order valence-corrected chi connectivity index (χ4v) is 3.27. The number of carbonyl (C=O) groups is 1. The number of nitrogens with zero attached hydrogens (tertiary/aromatic N) is 2. The molecule has 5 nitrogen and oxygen atoms in total. The van der Waals surface area contributed by atoms with E-state index in [9.17, 15) is 4.79 Å². The van der Waals surface area contributed by atoms with Gasteiger partial charge in [0.2, 0.25) is 0 Å². The normalized spacial score (nSPS) is 11.3. The molecule has 0 saturated heterocycles. The van der Waals surface area contributed by atoms with E-state index in [1.807, 2.05) is 84.9 Å². The molecule has 0 aliphatic rings. The van der Waals surface area contributed by atoms with Crippen molar-refractivity contribution in [2.24, 2.45) is 5.10 Å². The Bertz CT molecular complexity index is 1260. The molecule has 0 bridgehead atoms. The van der Waals surface area contributed by atoms with Crippen LogP contribution in [0.2, 0.25) is 0 Å². The maximum atomic E-state index is 12.9. The van der Waals surface area contributed by atoms with E-state index in [0.29, 0.717) is 5.56 Å². The highest BCUT2D eigenvalue weighted by molar-refractivity contribution is 6.07. The van der Waals surface area contributed by atoms with E-state index in [0.717, 1.165) is 33.5 Å². The Balaban J connectivity index is 1.56. The zero-order chi connectivity index (χ0) is 21.5. The lowest BCUT2D eigenvalue weighted by Gasteiger charge is -2.08. The van der Waals surface area contributed by atoms with Crippen molar-refractivity contribution >= 4 is 29.1 Å². The molecule has 1 N–H and O–H groups in total. The van der Waals surface area contributed by atoms with Gasteiger partial charge < -0.3 is 4.74 Å². The van der Waals surface area contributed by atoms with Gasteiger partial charge in [0, 0.05) is 22.7 Å². The number of pyridine rings is 1. The third-order valence-electron chi connectivity index (χ3n) is 4.77. The monoisotopic (exact) mass is 407 g/mol. The highest BCUT2D eigenvalue weighted by Crippen LogP contribution is 2.24. The molecule has 1 aromatic heterocycles. The van der Waals surface area contributed by atoms with E-state index in [-0.39, 0.29) is 5.91 Å². The van der Waals surface area contributed by atoms with Gasteiger partial charge in [-0.05, 0) is 30.4 Å². The average Bonchev–Trinajstić information content (AvgIpc) is 2.83. The van der Waals surface area contributed by atoms with Gasteiger partial charge in [-0.2, -0.15) is 5.10 Å². The first-order chi connectivity index (χ1) is 15.3. The van der Waals surface area contributed by atoms with E-state index in [4.69, 9.17) is 9.72 Å². The molecule has 0 aliphatic heterocycles. The Morgan fingerprint density at radius 2 is 1.71 bits per heavy atom. The van der Waals surface area contributed by atoms with Crippen molar-refractivity contribution < 1.29 is 9.53 Å². The molecule has 0 spiro atoms. The summed E-state index contributed by atoms with van der Waals surface area (Å²) in [7, 11) is 1.63. The number of hydrazone groups is 1. The van der Waals surface area contributed by atoms with Crippen molar-refractivity contribution in [1.82, 2.24) is 10.4 Å². The maximum Gasteiger partial charge on any atom is 0.272 e. The summed E-state index contributed by atoms with van der Waals surface area (Å²) in [4.78, 5) is 17.6. The number of methoxy groups -OCH3 is 1. The Kier molecular flexibility index (Phi) is 6.14. The fraction of sp³-hybridized carbons (Fsp3) is 0.0385. The standard InChI is InChI=1S/C26H21N3O2/c1-31-25-16-8-5-12-20(25)13-9-17-27-29-26(30)22-18-24(19-10-3-2-4-11-19)28-23-15-7-6-14-21(22)23/h2-18H,1H3,(H,29,30). The number of amides is 1. The number of hydrogen-bond acceptors (Lipinski definition) is 4. The van der Waals surface area contributed by atoms with Crippen LogP contribution in [-0.4, -0.2) is 24.2 Å². The molecule has 5 heteroatoms. The summed E-state index contributed by atoms with van der Waals surface area (Å²) < 4.78 is 5.32. The van der Waals surface area contributed by atoms with Crippen molar-refractivity contribution in [3.05, 3.63) is 102 Å². The third kappa shape index (κ3) is 4.67. The molecule has 1 heterocycles. The number of allylic oxidation sites excluding steroid dienone is 1. The molecule has 31 heavy (non-hydrogen) atoms. The van der Waals surface area contributed by atoms with Gasteiger partial charge in [-0.25, -0.2) is 10.4 Å². The lowest BCUT2D eigenvalue weighted by Crippen LogP contribution is -2.18. The molecule has 4 rings (SSSR count). The largest absolute Gasteiger partial charge is 0.496 e. The SMILES string of the molecule is COc1ccccc1C=CC=NNC(=O)c1cc(-c2ccccc2)nc2ccccc12. The van der Waals surface area contributed by atoms with Gasteiger partial charge in [0.05, 0.1) is 23.9 Å². The maximum absolute atomic E-state index is 12.9. The number of hydrogen-bond donors (Lipinski definition) is 1. The summed E-state index contributed by atoms with van der Waals surface area (Å²) in [5, 5.41) is 4.83. The van der Waals surface area contributed by atoms with E-state index in [2.05, 4.69) is 10.5 Å². The van der Waals surface area contributed by atoms with E-state index in [1.54, 1.807) is 19.3 Å². The lowest BCUT2D eigenvalue weighted by atomic mass is 10.0. The minimum absolute atomic E-state index is 0.294. The van der Waals surface area contributed by atoms with E-state index >= 15 is 0 Å². The minimum atomic E-state index is -0.294. The molecule has 1 amide bonds. The van der Waals surface area contributed by atoms with Crippen LogP contribution in [0.25, 0.3) is 28.2 Å². The van der Waals surface area contributed by atoms with Crippen molar-refractivity contribution in [2.75, 3.05) is 7.11 Å². The van der Waals surface area contributed by atoms with Crippen LogP contribution in [0.3, 0.4) is 0 Å². The summed E-state index contributed by atoms with van der Waals surface area (Å²) in [6, 6.07) is 26.8. The van der Waals surface area contributed by atoms with Crippen LogP contribution in [0.4, 0.5) is 0 Å². The Labute approximate surface area is 180 Å². The van der Waals surface area contributed by atoms with Crippen LogP contribution in [0.15, 0.2) is 96.1 Å². The number of aromatic nitrogens is 1. The predicted octanol–water partition coefficient (Wildman–Crippen LogP) is 5.34. The molecule has 4 aromatic rings. The molecule has 0 unspecified atom stereocenters. The van der Waals surface area contributed by atoms with Gasteiger partial charge in [0.25, 0.3) is 5.91 Å². The Morgan fingerprint density at radius 1 is 0.968 bits per heavy atom. The molecule has 0 fully saturated rings. The second kappa shape index (κ2) is 9.50. The first-order valence-electron chi connectivity index (χ1n) is 9.84. The summed E-state index contributed by atoms with van der Waals surface area (Å²) in [6.45, 7) is 0. The first kappa shape index (κ1) is 20.0. The number of ether oxygens (including phenoxy) is 1. The quantitative estimate of drug-likeness (QED) is 0.347. The van der Waals surface area contributed by atoms with Gasteiger partial charge in [-0.1, -0.05) is 66.7 Å². The molecule has 0 aliphatic carbocycles. The number of carbonyl (C=O) groups excluding carboxylic acids is 1. The summed E-state index contributed by atoms with van der Waals surface area (Å²) in [5.74, 6) is 0.477. The van der Waals surface area contributed by atoms with Crippen molar-refractivity contribution in [3.63, 3.8) is 0 Å². The second-order valence-electron chi connectivity index (χ2n) is 6.76. The third-order valence-corrected chi connectivity index (χ3v) is 4.77. The van der Waals surface area contributed by atoms with Gasteiger partial charge in [-0.15, -0.1) is 0 Å². The molecular weight excluding hydrogens is 386 g/mol. The van der Waals surface area contributed by atoms with Gasteiger partial charge in [0.1, 0.15) is 5.75 Å². The highest BCUT2D eigenvalue weighted by atomic mass is 16.5. The average molecular weight is 407 g/mol. The number of rotatable bonds is 6. The van der Waals surface area contributed by atoms with Crippen molar-refractivity contribution in [2.45, 2.75) is 0 Å². The first-order valence-corrected chi connectivity index (χ1v) is 9.84. The number of nitrogens with one attached hydrogen (secondary N) is 1. The summed E-state index contributed by atoms with van der Waals surface area (Å²) >= 11 is 0. The summed E-state index contributed by atoms with van der Waals surface area (Å²) in [6.07, 6.45) is 5.15. The van der Waals surface area contributed by atoms with Crippen molar-refractivity contribution in [1.29, 1.82) is 0 Å². The van der Waals surface area contributed by atoms with E-state index < -0.39 is 0 Å². The topological polar surface area (TPSA) is 63.6 Å². The lowest BCUT2D eigenvalue weighted by molar-refractivity contribution is 0.0957. The van der Waals surface area contributed by atoms with Crippen LogP contribution >= 0.6 is 0 Å². The zero-order valence-electron chi connectivity index (χ0n) is 17.0. The predicted molar refractivity (Wildman–Crippen MR) is 125 cm³/mol. The smallest absolute Gasteiger partial charge is 0.272 e. The zero-order valence-corrected chi connectivity index (χ0v) is 17.0. The van der Waals surface area contributed by atoms with Crippen LogP contribution in [0.5, 0.6) is 5.75 Å². The molecule has 0 saturated carbocycles. The van der Waals surface area contributed by atoms with Gasteiger partial charge >= 0.3 is 0 Å². The van der Waals surface area contributed by atoms with Crippen LogP contribution in [-0.2, 0) is 0 Å². The van der Waals surface area contributed by atoms with Crippen LogP contribution in [0.1, 0.15) is 15.9 Å². The number of fused-ring (bicyclic) bond motifs is 1. The molecule has 0 atom stereocenters. The van der Waals surface area contributed by atoms with Gasteiger partial charge in [0.15, 0.2) is 0 Å². The molecule has 0 radical (unpaired) electrons. The number of para-hydroxylation sites is 2. The molecule has 152 valence electrons. The fourth-order valence-electron chi connectivity index (χ4n) is 3.27. The Hall–Kier alpha value is -4.25. The minimum Gasteiger partial charge on any atom is -0.496 e. The molecule has 3 aromatic carbocycles. The van der Waals surface area contributed by atoms with Crippen LogP contribution < -0.4 is 10.2 Å². The van der Waals surface area contributed by atoms with E-state index in [1.165, 1.54) is 6.21 Å².